The third-order valence-corrected chi connectivity index (χ3v) is 4.89. The third kappa shape index (κ3) is 5.25. The lowest BCUT2D eigenvalue weighted by Crippen LogP contribution is -2.44. The van der Waals surface area contributed by atoms with Crippen molar-refractivity contribution in [2.24, 2.45) is 4.99 Å². The molecule has 0 spiro atoms. The lowest BCUT2D eigenvalue weighted by molar-refractivity contribution is 0.648. The van der Waals surface area contributed by atoms with Crippen molar-refractivity contribution in [1.29, 1.82) is 0 Å². The lowest BCUT2D eigenvalue weighted by atomic mass is 10.2. The number of anilines is 2. The summed E-state index contributed by atoms with van der Waals surface area (Å²) in [5.41, 5.74) is 1.13. The molecule has 1 aliphatic heterocycles. The number of hydrogen-bond acceptors (Lipinski definition) is 5. The average molecular weight is 402 g/mol. The van der Waals surface area contributed by atoms with Gasteiger partial charge in [0.05, 0.1) is 11.6 Å². The highest BCUT2D eigenvalue weighted by molar-refractivity contribution is 6.32. The molecule has 0 aliphatic carbocycles. The van der Waals surface area contributed by atoms with Gasteiger partial charge in [0.15, 0.2) is 5.96 Å². The molecule has 2 N–H and O–H groups in total. The summed E-state index contributed by atoms with van der Waals surface area (Å²) in [4.78, 5) is 17.7. The van der Waals surface area contributed by atoms with Gasteiger partial charge in [0, 0.05) is 52.2 Å². The van der Waals surface area contributed by atoms with E-state index in [2.05, 4.69) is 38.5 Å². The van der Waals surface area contributed by atoms with Gasteiger partial charge in [-0.3, -0.25) is 0 Å². The summed E-state index contributed by atoms with van der Waals surface area (Å²) in [6.45, 7) is 5.25. The number of halogens is 1. The third-order valence-electron chi connectivity index (χ3n) is 4.60. The second-order valence-electron chi connectivity index (χ2n) is 7.00. The van der Waals surface area contributed by atoms with Crippen LogP contribution in [0, 0.1) is 0 Å². The number of aliphatic imine (C=N–C) groups is 1. The molecule has 3 heterocycles. The van der Waals surface area contributed by atoms with Gasteiger partial charge in [0.1, 0.15) is 11.6 Å². The minimum Gasteiger partial charge on any atom is -0.363 e. The maximum absolute atomic E-state index is 6.29. The molecular formula is C20H28ClN7. The summed E-state index contributed by atoms with van der Waals surface area (Å²) >= 11 is 6.29. The summed E-state index contributed by atoms with van der Waals surface area (Å²) in [5.74, 6) is 2.61. The molecular weight excluding hydrogens is 374 g/mol. The number of hydrogen-bond donors (Lipinski definition) is 2. The van der Waals surface area contributed by atoms with Crippen molar-refractivity contribution < 1.29 is 0 Å². The molecule has 7 nitrogen and oxygen atoms in total. The van der Waals surface area contributed by atoms with Gasteiger partial charge in [-0.25, -0.2) is 15.0 Å². The summed E-state index contributed by atoms with van der Waals surface area (Å²) in [6, 6.07) is 8.10. The Labute approximate surface area is 171 Å². The molecule has 8 heteroatoms. The second-order valence-corrected chi connectivity index (χ2v) is 7.40. The Bertz CT molecular complexity index is 809. The molecule has 1 unspecified atom stereocenters. The molecule has 0 amide bonds. The maximum atomic E-state index is 6.29. The van der Waals surface area contributed by atoms with E-state index in [9.17, 15) is 0 Å². The number of rotatable bonds is 6. The minimum absolute atomic E-state index is 0.297. The van der Waals surface area contributed by atoms with Gasteiger partial charge in [-0.2, -0.15) is 0 Å². The average Bonchev–Trinajstić information content (AvgIpc) is 3.15. The van der Waals surface area contributed by atoms with Crippen molar-refractivity contribution in [3.63, 3.8) is 0 Å². The number of aromatic nitrogens is 2. The van der Waals surface area contributed by atoms with Gasteiger partial charge in [0.2, 0.25) is 0 Å². The molecule has 1 aliphatic rings. The van der Waals surface area contributed by atoms with Crippen LogP contribution >= 0.6 is 11.6 Å². The fourth-order valence-electron chi connectivity index (χ4n) is 3.17. The monoisotopic (exact) mass is 401 g/mol. The first-order valence-electron chi connectivity index (χ1n) is 9.59. The number of nitrogens with zero attached hydrogens (tertiary/aromatic N) is 5. The zero-order valence-electron chi connectivity index (χ0n) is 16.7. The van der Waals surface area contributed by atoms with Crippen LogP contribution in [0.3, 0.4) is 0 Å². The van der Waals surface area contributed by atoms with Gasteiger partial charge in [0.25, 0.3) is 0 Å². The van der Waals surface area contributed by atoms with Crippen LogP contribution in [0.1, 0.15) is 18.9 Å². The number of pyridine rings is 2. The van der Waals surface area contributed by atoms with E-state index >= 15 is 0 Å². The van der Waals surface area contributed by atoms with E-state index in [4.69, 9.17) is 16.6 Å². The largest absolute Gasteiger partial charge is 0.363 e. The van der Waals surface area contributed by atoms with Crippen LogP contribution in [0.25, 0.3) is 0 Å². The van der Waals surface area contributed by atoms with E-state index in [1.807, 2.05) is 43.4 Å². The lowest BCUT2D eigenvalue weighted by Gasteiger charge is -2.20. The molecule has 28 heavy (non-hydrogen) atoms. The molecule has 3 rings (SSSR count). The molecule has 1 saturated heterocycles. The molecule has 0 radical (unpaired) electrons. The van der Waals surface area contributed by atoms with E-state index < -0.39 is 0 Å². The smallest absolute Gasteiger partial charge is 0.191 e. The van der Waals surface area contributed by atoms with Crippen molar-refractivity contribution in [1.82, 2.24) is 20.6 Å². The SMILES string of the molecule is CCNC(=NCc1ccnc(N(C)C)c1)NC1CCN(c2ncccc2Cl)C1. The van der Waals surface area contributed by atoms with Crippen LogP contribution in [0.5, 0.6) is 0 Å². The quantitative estimate of drug-likeness (QED) is 0.572. The normalized spacial score (nSPS) is 16.9. The Kier molecular flexibility index (Phi) is 6.92. The van der Waals surface area contributed by atoms with Crippen molar-refractivity contribution >= 4 is 29.2 Å². The van der Waals surface area contributed by atoms with Crippen molar-refractivity contribution in [3.05, 3.63) is 47.2 Å². The number of guanidine groups is 1. The Morgan fingerprint density at radius 1 is 1.32 bits per heavy atom. The molecule has 2 aromatic heterocycles. The van der Waals surface area contributed by atoms with Gasteiger partial charge in [-0.05, 0) is 43.2 Å². The zero-order valence-corrected chi connectivity index (χ0v) is 17.4. The molecule has 1 fully saturated rings. The van der Waals surface area contributed by atoms with Crippen LogP contribution < -0.4 is 20.4 Å². The van der Waals surface area contributed by atoms with Gasteiger partial charge >= 0.3 is 0 Å². The van der Waals surface area contributed by atoms with E-state index in [0.29, 0.717) is 17.6 Å². The van der Waals surface area contributed by atoms with E-state index in [-0.39, 0.29) is 0 Å². The Balaban J connectivity index is 1.62. The van der Waals surface area contributed by atoms with Crippen molar-refractivity contribution in [2.75, 3.05) is 43.5 Å². The van der Waals surface area contributed by atoms with E-state index in [1.54, 1.807) is 6.20 Å². The zero-order chi connectivity index (χ0) is 19.9. The first-order valence-corrected chi connectivity index (χ1v) is 9.97. The van der Waals surface area contributed by atoms with Crippen LogP contribution in [0.4, 0.5) is 11.6 Å². The van der Waals surface area contributed by atoms with Gasteiger partial charge in [-0.15, -0.1) is 0 Å². The predicted molar refractivity (Wildman–Crippen MR) is 116 cm³/mol. The van der Waals surface area contributed by atoms with Gasteiger partial charge < -0.3 is 20.4 Å². The maximum Gasteiger partial charge on any atom is 0.191 e. The minimum atomic E-state index is 0.297. The van der Waals surface area contributed by atoms with Crippen molar-refractivity contribution in [2.45, 2.75) is 25.9 Å². The molecule has 150 valence electrons. The Hall–Kier alpha value is -2.54. The van der Waals surface area contributed by atoms with Crippen LogP contribution in [0.15, 0.2) is 41.7 Å². The van der Waals surface area contributed by atoms with Crippen LogP contribution in [-0.4, -0.2) is 55.7 Å². The number of nitrogens with one attached hydrogen (secondary N) is 2. The highest BCUT2D eigenvalue weighted by Gasteiger charge is 2.25. The summed E-state index contributed by atoms with van der Waals surface area (Å²) in [6.07, 6.45) is 4.62. The Morgan fingerprint density at radius 2 is 2.18 bits per heavy atom. The first kappa shape index (κ1) is 20.2. The fraction of sp³-hybridized carbons (Fsp3) is 0.450. The summed E-state index contributed by atoms with van der Waals surface area (Å²) < 4.78 is 0. The molecule has 2 aromatic rings. The summed E-state index contributed by atoms with van der Waals surface area (Å²) in [5, 5.41) is 7.57. The van der Waals surface area contributed by atoms with Gasteiger partial charge in [-0.1, -0.05) is 11.6 Å². The topological polar surface area (TPSA) is 68.7 Å². The van der Waals surface area contributed by atoms with E-state index in [0.717, 1.165) is 49.2 Å². The Morgan fingerprint density at radius 3 is 2.93 bits per heavy atom. The highest BCUT2D eigenvalue weighted by atomic mass is 35.5. The second kappa shape index (κ2) is 9.59. The van der Waals surface area contributed by atoms with Crippen LogP contribution in [-0.2, 0) is 6.54 Å². The highest BCUT2D eigenvalue weighted by Crippen LogP contribution is 2.25. The molecule has 1 atom stereocenters. The van der Waals surface area contributed by atoms with Crippen LogP contribution in [0.2, 0.25) is 5.02 Å². The summed E-state index contributed by atoms with van der Waals surface area (Å²) in [7, 11) is 3.97. The van der Waals surface area contributed by atoms with Crippen molar-refractivity contribution in [3.8, 4) is 0 Å². The first-order chi connectivity index (χ1) is 13.6. The van der Waals surface area contributed by atoms with E-state index in [1.165, 1.54) is 0 Å². The standard InChI is InChI=1S/C20H28ClN7/c1-4-22-20(25-13-15-7-10-23-18(12-15)27(2)3)26-16-8-11-28(14-16)19-17(21)6-5-9-24-19/h5-7,9-10,12,16H,4,8,11,13-14H2,1-3H3,(H2,22,25,26). The predicted octanol–water partition coefficient (Wildman–Crippen LogP) is 2.53. The molecule has 0 aromatic carbocycles. The molecule has 0 bridgehead atoms. The fourth-order valence-corrected chi connectivity index (χ4v) is 3.41. The molecule has 0 saturated carbocycles.